The van der Waals surface area contributed by atoms with E-state index in [1.54, 1.807) is 0 Å². The zero-order valence-corrected chi connectivity index (χ0v) is 14.0. The molecule has 0 amide bonds. The van der Waals surface area contributed by atoms with Crippen molar-refractivity contribution < 1.29 is 0 Å². The smallest absolute Gasteiger partial charge is 0.0771 e. The Morgan fingerprint density at radius 3 is 2.38 bits per heavy atom. The van der Waals surface area contributed by atoms with Crippen LogP contribution in [-0.2, 0) is 0 Å². The molecule has 1 N–H and O–H groups in total. The highest BCUT2D eigenvalue weighted by molar-refractivity contribution is 9.10. The zero-order chi connectivity index (χ0) is 15.0. The molecule has 0 saturated heterocycles. The zero-order valence-electron chi connectivity index (χ0n) is 12.4. The first-order chi connectivity index (χ1) is 10.1. The second-order valence-electron chi connectivity index (χ2n) is 5.16. The predicted octanol–water partition coefficient (Wildman–Crippen LogP) is 5.32. The third kappa shape index (κ3) is 2.32. The van der Waals surface area contributed by atoms with E-state index >= 15 is 0 Å². The lowest BCUT2D eigenvalue weighted by Gasteiger charge is -2.16. The second-order valence-corrected chi connectivity index (χ2v) is 6.02. The number of nitrogens with zero attached hydrogens (tertiary/aromatic N) is 1. The fourth-order valence-corrected chi connectivity index (χ4v) is 3.26. The van der Waals surface area contributed by atoms with Gasteiger partial charge in [0.05, 0.1) is 11.2 Å². The molecule has 0 aliphatic heterocycles. The monoisotopic (exact) mass is 340 g/mol. The minimum atomic E-state index is 1.04. The maximum Gasteiger partial charge on any atom is 0.0771 e. The molecule has 0 saturated carbocycles. The Labute approximate surface area is 133 Å². The molecule has 2 aromatic carbocycles. The van der Waals surface area contributed by atoms with Crippen LogP contribution in [0, 0.1) is 13.8 Å². The minimum absolute atomic E-state index is 1.04. The number of rotatable bonds is 2. The number of anilines is 1. The van der Waals surface area contributed by atoms with Crippen LogP contribution in [0.2, 0.25) is 0 Å². The first kappa shape index (κ1) is 14.1. The molecule has 0 unspecified atom stereocenters. The van der Waals surface area contributed by atoms with Crippen LogP contribution in [0.15, 0.2) is 46.9 Å². The minimum Gasteiger partial charge on any atom is -0.387 e. The summed E-state index contributed by atoms with van der Waals surface area (Å²) in [4.78, 5) is 4.94. The fourth-order valence-electron chi connectivity index (χ4n) is 2.74. The standard InChI is InChI=1S/C18H17BrN2/c1-11-9-10-14(19)15-16(11)21-17(12(2)18(15)20-3)13-7-5-4-6-8-13/h4-10H,1-3H3,(H,20,21). The van der Waals surface area contributed by atoms with Crippen LogP contribution in [0.5, 0.6) is 0 Å². The SMILES string of the molecule is CNc1c(C)c(-c2ccccc2)nc2c(C)ccc(Br)c12. The van der Waals surface area contributed by atoms with E-state index in [1.165, 1.54) is 11.1 Å². The molecule has 1 aromatic heterocycles. The summed E-state index contributed by atoms with van der Waals surface area (Å²) in [6.07, 6.45) is 0. The number of pyridine rings is 1. The van der Waals surface area contributed by atoms with E-state index in [9.17, 15) is 0 Å². The molecule has 0 fully saturated rings. The lowest BCUT2D eigenvalue weighted by molar-refractivity contribution is 1.29. The Kier molecular flexibility index (Phi) is 3.68. The highest BCUT2D eigenvalue weighted by Gasteiger charge is 2.15. The molecule has 0 aliphatic carbocycles. The van der Waals surface area contributed by atoms with Gasteiger partial charge in [-0.3, -0.25) is 0 Å². The highest BCUT2D eigenvalue weighted by Crippen LogP contribution is 2.37. The van der Waals surface area contributed by atoms with Gasteiger partial charge in [0.2, 0.25) is 0 Å². The average molecular weight is 341 g/mol. The predicted molar refractivity (Wildman–Crippen MR) is 93.9 cm³/mol. The quantitative estimate of drug-likeness (QED) is 0.682. The van der Waals surface area contributed by atoms with Crippen LogP contribution in [0.4, 0.5) is 5.69 Å². The van der Waals surface area contributed by atoms with Gasteiger partial charge in [-0.15, -0.1) is 0 Å². The van der Waals surface area contributed by atoms with E-state index in [4.69, 9.17) is 4.98 Å². The summed E-state index contributed by atoms with van der Waals surface area (Å²) in [6, 6.07) is 14.5. The van der Waals surface area contributed by atoms with E-state index < -0.39 is 0 Å². The first-order valence-electron chi connectivity index (χ1n) is 6.96. The van der Waals surface area contributed by atoms with Crippen molar-refractivity contribution in [2.45, 2.75) is 13.8 Å². The summed E-state index contributed by atoms with van der Waals surface area (Å²) in [5.74, 6) is 0. The summed E-state index contributed by atoms with van der Waals surface area (Å²) in [5.41, 5.74) is 6.71. The summed E-state index contributed by atoms with van der Waals surface area (Å²) < 4.78 is 1.07. The number of aromatic nitrogens is 1. The average Bonchev–Trinajstić information content (AvgIpc) is 2.51. The molecule has 0 bridgehead atoms. The maximum absolute atomic E-state index is 4.94. The van der Waals surface area contributed by atoms with Crippen molar-refractivity contribution in [3.05, 3.63) is 58.1 Å². The summed E-state index contributed by atoms with van der Waals surface area (Å²) in [6.45, 7) is 4.22. The fraction of sp³-hybridized carbons (Fsp3) is 0.167. The molecule has 1 heterocycles. The topological polar surface area (TPSA) is 24.9 Å². The van der Waals surface area contributed by atoms with Gasteiger partial charge in [-0.2, -0.15) is 0 Å². The van der Waals surface area contributed by atoms with Gasteiger partial charge in [0.15, 0.2) is 0 Å². The van der Waals surface area contributed by atoms with Crippen molar-refractivity contribution in [2.24, 2.45) is 0 Å². The van der Waals surface area contributed by atoms with Crippen molar-refractivity contribution in [3.63, 3.8) is 0 Å². The number of fused-ring (bicyclic) bond motifs is 1. The summed E-state index contributed by atoms with van der Waals surface area (Å²) in [5, 5.41) is 4.49. The normalized spacial score (nSPS) is 10.9. The van der Waals surface area contributed by atoms with Gasteiger partial charge in [0.25, 0.3) is 0 Å². The van der Waals surface area contributed by atoms with Crippen LogP contribution in [-0.4, -0.2) is 12.0 Å². The maximum atomic E-state index is 4.94. The molecule has 2 nitrogen and oxygen atoms in total. The van der Waals surface area contributed by atoms with Crippen molar-refractivity contribution in [3.8, 4) is 11.3 Å². The number of hydrogen-bond donors (Lipinski definition) is 1. The van der Waals surface area contributed by atoms with Gasteiger partial charge >= 0.3 is 0 Å². The van der Waals surface area contributed by atoms with Gasteiger partial charge in [-0.25, -0.2) is 4.98 Å². The first-order valence-corrected chi connectivity index (χ1v) is 7.75. The third-order valence-electron chi connectivity index (χ3n) is 3.83. The van der Waals surface area contributed by atoms with E-state index in [0.29, 0.717) is 0 Å². The molecule has 3 heteroatoms. The van der Waals surface area contributed by atoms with Crippen molar-refractivity contribution in [2.75, 3.05) is 12.4 Å². The number of aryl methyl sites for hydroxylation is 1. The lowest BCUT2D eigenvalue weighted by atomic mass is 10.0. The van der Waals surface area contributed by atoms with Gasteiger partial charge in [0, 0.05) is 28.2 Å². The van der Waals surface area contributed by atoms with Crippen LogP contribution in [0.3, 0.4) is 0 Å². The van der Waals surface area contributed by atoms with Gasteiger partial charge in [-0.05, 0) is 31.0 Å². The molecule has 21 heavy (non-hydrogen) atoms. The van der Waals surface area contributed by atoms with Crippen LogP contribution < -0.4 is 5.32 Å². The number of halogens is 1. The Morgan fingerprint density at radius 2 is 1.71 bits per heavy atom. The molecule has 3 aromatic rings. The van der Waals surface area contributed by atoms with E-state index in [1.807, 2.05) is 25.2 Å². The summed E-state index contributed by atoms with van der Waals surface area (Å²) >= 11 is 3.66. The second kappa shape index (κ2) is 5.49. The number of nitrogens with one attached hydrogen (secondary N) is 1. The van der Waals surface area contributed by atoms with Crippen LogP contribution >= 0.6 is 15.9 Å². The van der Waals surface area contributed by atoms with Gasteiger partial charge in [0.1, 0.15) is 0 Å². The van der Waals surface area contributed by atoms with Gasteiger partial charge < -0.3 is 5.32 Å². The number of benzene rings is 2. The van der Waals surface area contributed by atoms with E-state index in [0.717, 1.165) is 32.3 Å². The Bertz CT molecular complexity index is 811. The van der Waals surface area contributed by atoms with Crippen molar-refractivity contribution in [1.82, 2.24) is 4.98 Å². The lowest BCUT2D eigenvalue weighted by Crippen LogP contribution is -2.00. The van der Waals surface area contributed by atoms with Crippen LogP contribution in [0.1, 0.15) is 11.1 Å². The van der Waals surface area contributed by atoms with Crippen LogP contribution in [0.25, 0.3) is 22.2 Å². The third-order valence-corrected chi connectivity index (χ3v) is 4.49. The van der Waals surface area contributed by atoms with E-state index in [-0.39, 0.29) is 0 Å². The Balaban J connectivity index is 2.44. The summed E-state index contributed by atoms with van der Waals surface area (Å²) in [7, 11) is 1.96. The Hall–Kier alpha value is -1.87. The molecule has 0 radical (unpaired) electrons. The highest BCUT2D eigenvalue weighted by atomic mass is 79.9. The van der Waals surface area contributed by atoms with Crippen molar-refractivity contribution in [1.29, 1.82) is 0 Å². The van der Waals surface area contributed by atoms with E-state index in [2.05, 4.69) is 59.4 Å². The molecule has 0 aliphatic rings. The molecule has 3 rings (SSSR count). The molecule has 0 atom stereocenters. The van der Waals surface area contributed by atoms with Crippen molar-refractivity contribution >= 4 is 32.5 Å². The van der Waals surface area contributed by atoms with Gasteiger partial charge in [-0.1, -0.05) is 52.3 Å². The number of hydrogen-bond acceptors (Lipinski definition) is 2. The largest absolute Gasteiger partial charge is 0.387 e. The Morgan fingerprint density at radius 1 is 1.00 bits per heavy atom. The molecular weight excluding hydrogens is 324 g/mol. The molecule has 0 spiro atoms. The molecule has 106 valence electrons. The molecular formula is C18H17BrN2.